The van der Waals surface area contributed by atoms with E-state index in [0.29, 0.717) is 0 Å². The number of ether oxygens (including phenoxy) is 1. The molecule has 0 bridgehead atoms. The third-order valence-electron chi connectivity index (χ3n) is 2.66. The van der Waals surface area contributed by atoms with Gasteiger partial charge >= 0.3 is 5.97 Å². The van der Waals surface area contributed by atoms with Crippen LogP contribution in [-0.2, 0) is 13.0 Å². The highest BCUT2D eigenvalue weighted by Crippen LogP contribution is 2.33. The number of carboxylic acids is 1. The lowest BCUT2D eigenvalue weighted by Crippen LogP contribution is -2.03. The van der Waals surface area contributed by atoms with E-state index in [1.165, 1.54) is 17.0 Å². The van der Waals surface area contributed by atoms with Crippen LogP contribution in [0.3, 0.4) is 0 Å². The van der Waals surface area contributed by atoms with E-state index in [1.807, 2.05) is 12.1 Å². The van der Waals surface area contributed by atoms with Crippen LogP contribution in [0.5, 0.6) is 5.75 Å². The minimum atomic E-state index is -1.12. The minimum absolute atomic E-state index is 0.0326. The number of carbonyl (C=O) groups is 1. The highest BCUT2D eigenvalue weighted by atomic mass is 35.5. The molecular formula is C14H12Cl2O3S. The first-order chi connectivity index (χ1) is 9.51. The molecule has 0 spiro atoms. The van der Waals surface area contributed by atoms with E-state index in [4.69, 9.17) is 33.0 Å². The van der Waals surface area contributed by atoms with Crippen LogP contribution in [0.1, 0.15) is 27.0 Å². The summed E-state index contributed by atoms with van der Waals surface area (Å²) in [7, 11) is 0. The Kier molecular flexibility index (Phi) is 4.91. The van der Waals surface area contributed by atoms with Gasteiger partial charge in [-0.1, -0.05) is 30.1 Å². The number of hydrogen-bond donors (Lipinski definition) is 1. The van der Waals surface area contributed by atoms with Crippen molar-refractivity contribution in [3.8, 4) is 5.75 Å². The molecule has 20 heavy (non-hydrogen) atoms. The topological polar surface area (TPSA) is 46.5 Å². The van der Waals surface area contributed by atoms with Crippen LogP contribution in [0.4, 0.5) is 0 Å². The molecule has 0 saturated heterocycles. The van der Waals surface area contributed by atoms with Crippen molar-refractivity contribution in [1.82, 2.24) is 0 Å². The van der Waals surface area contributed by atoms with Gasteiger partial charge in [-0.25, -0.2) is 4.79 Å². The highest BCUT2D eigenvalue weighted by molar-refractivity contribution is 7.11. The lowest BCUT2D eigenvalue weighted by Gasteiger charge is -2.10. The molecule has 0 amide bonds. The first-order valence-corrected chi connectivity index (χ1v) is 7.51. The van der Waals surface area contributed by atoms with Gasteiger partial charge in [-0.05, 0) is 30.7 Å². The summed E-state index contributed by atoms with van der Waals surface area (Å²) in [5.41, 5.74) is -0.0326. The maximum atomic E-state index is 11.2. The number of aromatic carboxylic acids is 1. The summed E-state index contributed by atoms with van der Waals surface area (Å²) in [4.78, 5) is 13.5. The SMILES string of the molecule is CCc1ccc(COc2c(Cl)cc(Cl)cc2C(=O)O)s1. The molecule has 1 aromatic carbocycles. The summed E-state index contributed by atoms with van der Waals surface area (Å²) in [6, 6.07) is 6.80. The molecule has 2 rings (SSSR count). The second-order valence-electron chi connectivity index (χ2n) is 4.08. The van der Waals surface area contributed by atoms with Gasteiger partial charge < -0.3 is 9.84 Å². The normalized spacial score (nSPS) is 10.6. The van der Waals surface area contributed by atoms with Gasteiger partial charge in [0.1, 0.15) is 12.2 Å². The average Bonchev–Trinajstić information content (AvgIpc) is 2.84. The van der Waals surface area contributed by atoms with Crippen molar-refractivity contribution in [2.75, 3.05) is 0 Å². The summed E-state index contributed by atoms with van der Waals surface area (Å²) in [6.45, 7) is 2.36. The van der Waals surface area contributed by atoms with Crippen LogP contribution in [0.2, 0.25) is 10.0 Å². The lowest BCUT2D eigenvalue weighted by atomic mass is 10.2. The molecule has 1 N–H and O–H groups in total. The fraction of sp³-hybridized carbons (Fsp3) is 0.214. The zero-order valence-electron chi connectivity index (χ0n) is 10.7. The number of rotatable bonds is 5. The zero-order chi connectivity index (χ0) is 14.7. The van der Waals surface area contributed by atoms with Crippen LogP contribution >= 0.6 is 34.5 Å². The molecule has 1 aromatic heterocycles. The third-order valence-corrected chi connectivity index (χ3v) is 4.37. The van der Waals surface area contributed by atoms with Gasteiger partial charge in [0.2, 0.25) is 0 Å². The van der Waals surface area contributed by atoms with E-state index < -0.39 is 5.97 Å². The summed E-state index contributed by atoms with van der Waals surface area (Å²) >= 11 is 13.4. The summed E-state index contributed by atoms with van der Waals surface area (Å²) < 4.78 is 5.57. The standard InChI is InChI=1S/C14H12Cl2O3S/c1-2-9-3-4-10(20-9)7-19-13-11(14(17)18)5-8(15)6-12(13)16/h3-6H,2,7H2,1H3,(H,17,18). The average molecular weight is 331 g/mol. The molecule has 3 nitrogen and oxygen atoms in total. The molecule has 0 aliphatic carbocycles. The number of carboxylic acid groups (broad SMARTS) is 1. The predicted molar refractivity (Wildman–Crippen MR) is 81.5 cm³/mol. The number of aryl methyl sites for hydroxylation is 1. The van der Waals surface area contributed by atoms with Gasteiger partial charge in [-0.2, -0.15) is 0 Å². The molecule has 2 aromatic rings. The fourth-order valence-electron chi connectivity index (χ4n) is 1.70. The van der Waals surface area contributed by atoms with Gasteiger partial charge in [0, 0.05) is 14.8 Å². The van der Waals surface area contributed by atoms with Gasteiger partial charge in [0.05, 0.1) is 5.02 Å². The zero-order valence-corrected chi connectivity index (χ0v) is 13.0. The molecule has 0 saturated carbocycles. The quantitative estimate of drug-likeness (QED) is 0.848. The molecule has 0 aliphatic heterocycles. The maximum Gasteiger partial charge on any atom is 0.339 e. The Hall–Kier alpha value is -1.23. The number of thiophene rings is 1. The Morgan fingerprint density at radius 1 is 1.30 bits per heavy atom. The maximum absolute atomic E-state index is 11.2. The molecule has 0 fully saturated rings. The van der Waals surface area contributed by atoms with Gasteiger partial charge in [-0.3, -0.25) is 0 Å². The molecule has 0 atom stereocenters. The van der Waals surface area contributed by atoms with Crippen LogP contribution in [0.15, 0.2) is 24.3 Å². The van der Waals surface area contributed by atoms with Crippen LogP contribution in [-0.4, -0.2) is 11.1 Å². The van der Waals surface area contributed by atoms with Crippen molar-refractivity contribution in [3.05, 3.63) is 49.6 Å². The highest BCUT2D eigenvalue weighted by Gasteiger charge is 2.17. The van der Waals surface area contributed by atoms with Crippen LogP contribution in [0.25, 0.3) is 0 Å². The number of hydrogen-bond acceptors (Lipinski definition) is 3. The molecule has 0 unspecified atom stereocenters. The van der Waals surface area contributed by atoms with Crippen LogP contribution in [0, 0.1) is 0 Å². The largest absolute Gasteiger partial charge is 0.486 e. The fourth-order valence-corrected chi connectivity index (χ4v) is 3.12. The molecule has 6 heteroatoms. The van der Waals surface area contributed by atoms with Crippen molar-refractivity contribution >= 4 is 40.5 Å². The van der Waals surface area contributed by atoms with Crippen LogP contribution < -0.4 is 4.74 Å². The molecule has 0 radical (unpaired) electrons. The van der Waals surface area contributed by atoms with E-state index in [1.54, 1.807) is 11.3 Å². The second-order valence-corrected chi connectivity index (χ2v) is 6.18. The van der Waals surface area contributed by atoms with E-state index >= 15 is 0 Å². The van der Waals surface area contributed by atoms with Gasteiger partial charge in [-0.15, -0.1) is 11.3 Å². The van der Waals surface area contributed by atoms with Gasteiger partial charge in [0.25, 0.3) is 0 Å². The smallest absolute Gasteiger partial charge is 0.339 e. The summed E-state index contributed by atoms with van der Waals surface area (Å²) in [5.74, 6) is -0.972. The Bertz CT molecular complexity index is 637. The summed E-state index contributed by atoms with van der Waals surface area (Å²) in [5, 5.41) is 9.62. The molecule has 106 valence electrons. The molecule has 1 heterocycles. The minimum Gasteiger partial charge on any atom is -0.486 e. The predicted octanol–water partition coefficient (Wildman–Crippen LogP) is 4.89. The Balaban J connectivity index is 2.22. The number of benzene rings is 1. The van der Waals surface area contributed by atoms with E-state index in [9.17, 15) is 4.79 Å². The summed E-state index contributed by atoms with van der Waals surface area (Å²) in [6.07, 6.45) is 0.965. The van der Waals surface area contributed by atoms with Crippen molar-refractivity contribution in [2.45, 2.75) is 20.0 Å². The second kappa shape index (κ2) is 6.48. The first-order valence-electron chi connectivity index (χ1n) is 5.94. The van der Waals surface area contributed by atoms with E-state index in [0.717, 1.165) is 11.3 Å². The monoisotopic (exact) mass is 330 g/mol. The van der Waals surface area contributed by atoms with Crippen molar-refractivity contribution in [3.63, 3.8) is 0 Å². The molecular weight excluding hydrogens is 319 g/mol. The Morgan fingerprint density at radius 3 is 2.60 bits per heavy atom. The Labute approximate surface area is 130 Å². The van der Waals surface area contributed by atoms with E-state index in [2.05, 4.69) is 6.92 Å². The van der Waals surface area contributed by atoms with Crippen molar-refractivity contribution in [1.29, 1.82) is 0 Å². The number of halogens is 2. The molecule has 0 aliphatic rings. The Morgan fingerprint density at radius 2 is 2.00 bits per heavy atom. The first kappa shape index (κ1) is 15.2. The van der Waals surface area contributed by atoms with Crippen molar-refractivity contribution in [2.24, 2.45) is 0 Å². The van der Waals surface area contributed by atoms with Crippen molar-refractivity contribution < 1.29 is 14.6 Å². The third kappa shape index (κ3) is 3.45. The lowest BCUT2D eigenvalue weighted by molar-refractivity contribution is 0.0692. The van der Waals surface area contributed by atoms with E-state index in [-0.39, 0.29) is 28.0 Å². The van der Waals surface area contributed by atoms with Gasteiger partial charge in [0.15, 0.2) is 5.75 Å².